The Balaban J connectivity index is 1.53. The molecule has 27 heavy (non-hydrogen) atoms. The minimum atomic E-state index is -0.196. The summed E-state index contributed by atoms with van der Waals surface area (Å²) in [6, 6.07) is 19.0. The number of piperazine rings is 1. The molecule has 2 heterocycles. The van der Waals surface area contributed by atoms with Gasteiger partial charge in [0.15, 0.2) is 0 Å². The Hall–Kier alpha value is -2.79. The minimum absolute atomic E-state index is 0.196. The number of carbonyl (C=O) groups excluding carboxylic acids is 1. The van der Waals surface area contributed by atoms with Gasteiger partial charge in [-0.05, 0) is 30.7 Å². The minimum Gasteiger partial charge on any atom is -0.450 e. The second-order valence-electron chi connectivity index (χ2n) is 6.84. The third-order valence-corrected chi connectivity index (χ3v) is 5.12. The molecule has 0 N–H and O–H groups in total. The summed E-state index contributed by atoms with van der Waals surface area (Å²) in [6.45, 7) is 6.32. The molecular formula is C22H25N3O2. The molecule has 0 radical (unpaired) electrons. The van der Waals surface area contributed by atoms with Gasteiger partial charge in [0, 0.05) is 50.0 Å². The van der Waals surface area contributed by atoms with Crippen molar-refractivity contribution in [3.63, 3.8) is 0 Å². The zero-order valence-electron chi connectivity index (χ0n) is 15.7. The van der Waals surface area contributed by atoms with Crippen molar-refractivity contribution in [2.24, 2.45) is 0 Å². The summed E-state index contributed by atoms with van der Waals surface area (Å²) in [7, 11) is 0. The number of aromatic nitrogens is 1. The van der Waals surface area contributed by atoms with Crippen molar-refractivity contribution in [1.82, 2.24) is 14.4 Å². The maximum Gasteiger partial charge on any atom is 0.409 e. The molecule has 0 aliphatic carbocycles. The average molecular weight is 363 g/mol. The summed E-state index contributed by atoms with van der Waals surface area (Å²) in [5.74, 6) is 0. The molecule has 5 heteroatoms. The highest BCUT2D eigenvalue weighted by atomic mass is 16.6. The number of amides is 1. The number of nitrogens with zero attached hydrogens (tertiary/aromatic N) is 3. The van der Waals surface area contributed by atoms with Gasteiger partial charge in [0.05, 0.1) is 12.1 Å². The Morgan fingerprint density at radius 3 is 2.41 bits per heavy atom. The Morgan fingerprint density at radius 2 is 1.67 bits per heavy atom. The van der Waals surface area contributed by atoms with Crippen molar-refractivity contribution in [2.45, 2.75) is 13.5 Å². The van der Waals surface area contributed by atoms with Crippen LogP contribution in [0.1, 0.15) is 12.5 Å². The number of rotatable bonds is 4. The van der Waals surface area contributed by atoms with Crippen LogP contribution < -0.4 is 0 Å². The van der Waals surface area contributed by atoms with Crippen LogP contribution in [0.3, 0.4) is 0 Å². The summed E-state index contributed by atoms with van der Waals surface area (Å²) >= 11 is 0. The second-order valence-corrected chi connectivity index (χ2v) is 6.84. The molecule has 140 valence electrons. The fourth-order valence-corrected chi connectivity index (χ4v) is 3.72. The molecule has 1 fully saturated rings. The highest BCUT2D eigenvalue weighted by molar-refractivity contribution is 5.85. The van der Waals surface area contributed by atoms with Crippen LogP contribution >= 0.6 is 0 Å². The zero-order chi connectivity index (χ0) is 18.6. The first-order chi connectivity index (χ1) is 13.3. The van der Waals surface area contributed by atoms with Crippen LogP contribution in [0.5, 0.6) is 0 Å². The van der Waals surface area contributed by atoms with Crippen LogP contribution in [-0.4, -0.2) is 53.2 Å². The molecule has 5 nitrogen and oxygen atoms in total. The van der Waals surface area contributed by atoms with Crippen molar-refractivity contribution in [3.8, 4) is 5.69 Å². The number of fused-ring (bicyclic) bond motifs is 1. The molecule has 1 aliphatic rings. The molecule has 3 aromatic rings. The molecule has 1 aliphatic heterocycles. The topological polar surface area (TPSA) is 37.7 Å². The van der Waals surface area contributed by atoms with Crippen molar-refractivity contribution >= 4 is 17.0 Å². The smallest absolute Gasteiger partial charge is 0.409 e. The molecule has 0 spiro atoms. The summed E-state index contributed by atoms with van der Waals surface area (Å²) < 4.78 is 7.37. The molecular weight excluding hydrogens is 338 g/mol. The number of carbonyl (C=O) groups is 1. The van der Waals surface area contributed by atoms with E-state index in [-0.39, 0.29) is 6.09 Å². The highest BCUT2D eigenvalue weighted by Gasteiger charge is 2.22. The van der Waals surface area contributed by atoms with Crippen LogP contribution in [0, 0.1) is 0 Å². The van der Waals surface area contributed by atoms with Crippen LogP contribution in [0.4, 0.5) is 4.79 Å². The molecule has 0 atom stereocenters. The molecule has 0 saturated carbocycles. The highest BCUT2D eigenvalue weighted by Crippen LogP contribution is 2.26. The van der Waals surface area contributed by atoms with E-state index in [2.05, 4.69) is 64.2 Å². The molecule has 0 bridgehead atoms. The quantitative estimate of drug-likeness (QED) is 0.705. The van der Waals surface area contributed by atoms with E-state index >= 15 is 0 Å². The fraction of sp³-hybridized carbons (Fsp3) is 0.318. The van der Waals surface area contributed by atoms with Crippen molar-refractivity contribution < 1.29 is 9.53 Å². The Kier molecular flexibility index (Phi) is 5.12. The fourth-order valence-electron chi connectivity index (χ4n) is 3.72. The third-order valence-electron chi connectivity index (χ3n) is 5.12. The van der Waals surface area contributed by atoms with Gasteiger partial charge in [0.2, 0.25) is 0 Å². The van der Waals surface area contributed by atoms with E-state index in [1.807, 2.05) is 13.0 Å². The molecule has 0 unspecified atom stereocenters. The maximum absolute atomic E-state index is 11.9. The first-order valence-electron chi connectivity index (χ1n) is 9.54. The lowest BCUT2D eigenvalue weighted by molar-refractivity contribution is 0.0779. The van der Waals surface area contributed by atoms with Crippen LogP contribution in [-0.2, 0) is 11.3 Å². The molecule has 2 aromatic carbocycles. The largest absolute Gasteiger partial charge is 0.450 e. The Morgan fingerprint density at radius 1 is 0.963 bits per heavy atom. The number of hydrogen-bond acceptors (Lipinski definition) is 3. The predicted octanol–water partition coefficient (Wildman–Crippen LogP) is 3.90. The van der Waals surface area contributed by atoms with Gasteiger partial charge in [-0.2, -0.15) is 0 Å². The Bertz CT molecular complexity index is 912. The lowest BCUT2D eigenvalue weighted by atomic mass is 10.1. The molecule has 1 saturated heterocycles. The van der Waals surface area contributed by atoms with Crippen LogP contribution in [0.25, 0.3) is 16.6 Å². The number of ether oxygens (including phenoxy) is 1. The predicted molar refractivity (Wildman–Crippen MR) is 107 cm³/mol. The van der Waals surface area contributed by atoms with Crippen LogP contribution in [0.2, 0.25) is 0 Å². The van der Waals surface area contributed by atoms with Gasteiger partial charge in [0.25, 0.3) is 0 Å². The van der Waals surface area contributed by atoms with Gasteiger partial charge < -0.3 is 14.2 Å². The van der Waals surface area contributed by atoms with Gasteiger partial charge in [-0.15, -0.1) is 0 Å². The maximum atomic E-state index is 11.9. The van der Waals surface area contributed by atoms with E-state index in [0.717, 1.165) is 32.7 Å². The molecule has 1 aromatic heterocycles. The van der Waals surface area contributed by atoms with Gasteiger partial charge in [0.1, 0.15) is 0 Å². The first-order valence-corrected chi connectivity index (χ1v) is 9.54. The number of para-hydroxylation sites is 2. The molecule has 1 amide bonds. The van der Waals surface area contributed by atoms with Crippen molar-refractivity contribution in [1.29, 1.82) is 0 Å². The molecule has 4 rings (SSSR count). The van der Waals surface area contributed by atoms with Crippen molar-refractivity contribution in [2.75, 3.05) is 32.8 Å². The van der Waals surface area contributed by atoms with E-state index in [0.29, 0.717) is 6.61 Å². The lowest BCUT2D eigenvalue weighted by Gasteiger charge is -2.33. The summed E-state index contributed by atoms with van der Waals surface area (Å²) in [5.41, 5.74) is 3.72. The standard InChI is InChI=1S/C22H25N3O2/c1-2-27-22(26)24-14-12-23(13-15-24)16-18-17-25(19-8-4-3-5-9-19)21-11-7-6-10-20(18)21/h3-11,17H,2,12-16H2,1H3. The van der Waals surface area contributed by atoms with Gasteiger partial charge in [-0.3, -0.25) is 4.90 Å². The van der Waals surface area contributed by atoms with Gasteiger partial charge in [-0.1, -0.05) is 36.4 Å². The van der Waals surface area contributed by atoms with E-state index in [9.17, 15) is 4.79 Å². The Labute approximate surface area is 159 Å². The normalized spacial score (nSPS) is 15.2. The van der Waals surface area contributed by atoms with Gasteiger partial charge in [-0.25, -0.2) is 4.79 Å². The van der Waals surface area contributed by atoms with E-state index < -0.39 is 0 Å². The van der Waals surface area contributed by atoms with Crippen LogP contribution in [0.15, 0.2) is 60.8 Å². The van der Waals surface area contributed by atoms with Gasteiger partial charge >= 0.3 is 6.09 Å². The second kappa shape index (κ2) is 7.84. The number of hydrogen-bond donors (Lipinski definition) is 0. The summed E-state index contributed by atoms with van der Waals surface area (Å²) in [4.78, 5) is 16.1. The average Bonchev–Trinajstić information content (AvgIpc) is 3.08. The first kappa shape index (κ1) is 17.6. The number of benzene rings is 2. The summed E-state index contributed by atoms with van der Waals surface area (Å²) in [6.07, 6.45) is 2.05. The monoisotopic (exact) mass is 363 g/mol. The third kappa shape index (κ3) is 3.69. The van der Waals surface area contributed by atoms with E-state index in [4.69, 9.17) is 4.74 Å². The summed E-state index contributed by atoms with van der Waals surface area (Å²) in [5, 5.41) is 1.29. The van der Waals surface area contributed by atoms with E-state index in [1.165, 1.54) is 22.2 Å². The SMILES string of the molecule is CCOC(=O)N1CCN(Cc2cn(-c3ccccc3)c3ccccc23)CC1. The lowest BCUT2D eigenvalue weighted by Crippen LogP contribution is -2.48. The van der Waals surface area contributed by atoms with E-state index in [1.54, 1.807) is 4.90 Å². The zero-order valence-corrected chi connectivity index (χ0v) is 15.7. The van der Waals surface area contributed by atoms with Crippen molar-refractivity contribution in [3.05, 3.63) is 66.4 Å².